The molecule has 1 fully saturated rings. The van der Waals surface area contributed by atoms with Crippen molar-refractivity contribution >= 4 is 11.7 Å². The summed E-state index contributed by atoms with van der Waals surface area (Å²) in [5.41, 5.74) is 7.66. The van der Waals surface area contributed by atoms with Crippen molar-refractivity contribution in [1.29, 1.82) is 0 Å². The van der Waals surface area contributed by atoms with E-state index in [1.165, 1.54) is 0 Å². The summed E-state index contributed by atoms with van der Waals surface area (Å²) in [6.07, 6.45) is 1.96. The fraction of sp³-hybridized carbons (Fsp3) is 0.323. The van der Waals surface area contributed by atoms with Crippen molar-refractivity contribution in [3.8, 4) is 33.8 Å². The standard InChI is InChI=1S/C31H36N6O/c1-20(2)30-35-28(29(36-30)27-10-5-7-21(3)32-27)24-9-6-8-23(19-24)22-11-13-25(14-12-22)33-31(38)34-26-15-17-37(4)18-16-26/h5-14,19-20,26H,15-18H2,1-4H3,(H,35,36)(H2,33,34,38). The molecule has 0 radical (unpaired) electrons. The second kappa shape index (κ2) is 11.2. The highest BCUT2D eigenvalue weighted by Gasteiger charge is 2.19. The van der Waals surface area contributed by atoms with E-state index < -0.39 is 0 Å². The molecule has 2 aromatic heterocycles. The summed E-state index contributed by atoms with van der Waals surface area (Å²) in [6, 6.07) is 22.5. The second-order valence-corrected chi connectivity index (χ2v) is 10.5. The molecule has 2 aromatic carbocycles. The number of carbonyl (C=O) groups is 1. The summed E-state index contributed by atoms with van der Waals surface area (Å²) < 4.78 is 0. The first-order valence-electron chi connectivity index (χ1n) is 13.4. The van der Waals surface area contributed by atoms with E-state index in [1.54, 1.807) is 0 Å². The van der Waals surface area contributed by atoms with Crippen molar-refractivity contribution in [2.45, 2.75) is 45.6 Å². The molecule has 0 saturated carbocycles. The Morgan fingerprint density at radius 3 is 2.37 bits per heavy atom. The van der Waals surface area contributed by atoms with Gasteiger partial charge in [-0.1, -0.05) is 50.2 Å². The van der Waals surface area contributed by atoms with E-state index >= 15 is 0 Å². The molecule has 7 heteroatoms. The lowest BCUT2D eigenvalue weighted by Gasteiger charge is -2.29. The van der Waals surface area contributed by atoms with Crippen LogP contribution in [-0.4, -0.2) is 52.1 Å². The summed E-state index contributed by atoms with van der Waals surface area (Å²) in [7, 11) is 2.12. The van der Waals surface area contributed by atoms with Crippen molar-refractivity contribution < 1.29 is 4.79 Å². The number of benzene rings is 2. The van der Waals surface area contributed by atoms with Crippen LogP contribution in [0.3, 0.4) is 0 Å². The molecule has 5 rings (SSSR count). The van der Waals surface area contributed by atoms with Crippen molar-refractivity contribution in [3.63, 3.8) is 0 Å². The van der Waals surface area contributed by atoms with Crippen LogP contribution in [0.5, 0.6) is 0 Å². The molecule has 3 N–H and O–H groups in total. The van der Waals surface area contributed by atoms with E-state index in [0.717, 1.165) is 76.9 Å². The first-order chi connectivity index (χ1) is 18.4. The smallest absolute Gasteiger partial charge is 0.319 e. The third kappa shape index (κ3) is 5.94. The number of urea groups is 1. The zero-order valence-corrected chi connectivity index (χ0v) is 22.6. The summed E-state index contributed by atoms with van der Waals surface area (Å²) >= 11 is 0. The molecule has 1 aliphatic heterocycles. The van der Waals surface area contributed by atoms with Crippen LogP contribution in [0.2, 0.25) is 0 Å². The average molecular weight is 509 g/mol. The molecule has 196 valence electrons. The molecule has 0 atom stereocenters. The maximum absolute atomic E-state index is 12.5. The third-order valence-electron chi connectivity index (χ3n) is 7.08. The van der Waals surface area contributed by atoms with Gasteiger partial charge < -0.3 is 20.5 Å². The lowest BCUT2D eigenvalue weighted by Crippen LogP contribution is -2.44. The van der Waals surface area contributed by atoms with E-state index in [9.17, 15) is 4.79 Å². The first-order valence-corrected chi connectivity index (χ1v) is 13.4. The number of amides is 2. The van der Waals surface area contributed by atoms with Crippen LogP contribution in [0.15, 0.2) is 66.7 Å². The van der Waals surface area contributed by atoms with Gasteiger partial charge in [-0.3, -0.25) is 4.98 Å². The topological polar surface area (TPSA) is 85.9 Å². The SMILES string of the molecule is Cc1cccc(-c2[nH]c(C(C)C)nc2-c2cccc(-c3ccc(NC(=O)NC4CCN(C)CC4)cc3)c2)n1. The van der Waals surface area contributed by atoms with Crippen LogP contribution in [0, 0.1) is 6.92 Å². The summed E-state index contributed by atoms with van der Waals surface area (Å²) in [4.78, 5) is 28.0. The zero-order chi connectivity index (χ0) is 26.6. The van der Waals surface area contributed by atoms with Gasteiger partial charge in [0.1, 0.15) is 5.82 Å². The monoisotopic (exact) mass is 508 g/mol. The minimum atomic E-state index is -0.147. The van der Waals surface area contributed by atoms with Gasteiger partial charge in [0.15, 0.2) is 0 Å². The molecule has 0 spiro atoms. The fourth-order valence-corrected chi connectivity index (χ4v) is 4.84. The number of aryl methyl sites for hydroxylation is 1. The van der Waals surface area contributed by atoms with E-state index in [4.69, 9.17) is 9.97 Å². The number of hydrogen-bond acceptors (Lipinski definition) is 4. The molecule has 2 amide bonds. The molecule has 1 saturated heterocycles. The molecular weight excluding hydrogens is 472 g/mol. The fourth-order valence-electron chi connectivity index (χ4n) is 4.84. The van der Waals surface area contributed by atoms with Gasteiger partial charge >= 0.3 is 6.03 Å². The van der Waals surface area contributed by atoms with Crippen LogP contribution in [0.25, 0.3) is 33.8 Å². The number of nitrogens with one attached hydrogen (secondary N) is 3. The number of likely N-dealkylation sites (tertiary alicyclic amines) is 1. The number of imidazole rings is 1. The van der Waals surface area contributed by atoms with Crippen molar-refractivity contribution in [2.75, 3.05) is 25.5 Å². The number of H-pyrrole nitrogens is 1. The van der Waals surface area contributed by atoms with Gasteiger partial charge in [0, 0.05) is 28.9 Å². The normalized spacial score (nSPS) is 14.6. The molecule has 1 aliphatic rings. The Hall–Kier alpha value is -3.97. The molecule has 7 nitrogen and oxygen atoms in total. The summed E-state index contributed by atoms with van der Waals surface area (Å²) in [6.45, 7) is 8.30. The Morgan fingerprint density at radius 1 is 0.947 bits per heavy atom. The Morgan fingerprint density at radius 2 is 1.66 bits per heavy atom. The van der Waals surface area contributed by atoms with Gasteiger partial charge in [-0.2, -0.15) is 0 Å². The molecule has 0 unspecified atom stereocenters. The lowest BCUT2D eigenvalue weighted by molar-refractivity contribution is 0.221. The van der Waals surface area contributed by atoms with Crippen molar-refractivity contribution in [2.24, 2.45) is 0 Å². The minimum Gasteiger partial charge on any atom is -0.340 e. The van der Waals surface area contributed by atoms with Crippen molar-refractivity contribution in [1.82, 2.24) is 25.2 Å². The van der Waals surface area contributed by atoms with Crippen LogP contribution in [0.1, 0.15) is 44.1 Å². The minimum absolute atomic E-state index is 0.147. The number of carbonyl (C=O) groups excluding carboxylic acids is 1. The lowest BCUT2D eigenvalue weighted by atomic mass is 10.00. The number of rotatable bonds is 6. The molecule has 38 heavy (non-hydrogen) atoms. The van der Waals surface area contributed by atoms with Gasteiger partial charge in [-0.15, -0.1) is 0 Å². The number of hydrogen-bond donors (Lipinski definition) is 3. The van der Waals surface area contributed by atoms with Gasteiger partial charge in [0.2, 0.25) is 0 Å². The van der Waals surface area contributed by atoms with Crippen molar-refractivity contribution in [3.05, 3.63) is 78.2 Å². The van der Waals surface area contributed by atoms with Gasteiger partial charge in [0.25, 0.3) is 0 Å². The van der Waals surface area contributed by atoms with Crippen LogP contribution >= 0.6 is 0 Å². The summed E-state index contributed by atoms with van der Waals surface area (Å²) in [5.74, 6) is 1.21. The van der Waals surface area contributed by atoms with E-state index in [-0.39, 0.29) is 18.0 Å². The zero-order valence-electron chi connectivity index (χ0n) is 22.6. The number of piperidine rings is 1. The second-order valence-electron chi connectivity index (χ2n) is 10.5. The number of pyridine rings is 1. The highest BCUT2D eigenvalue weighted by molar-refractivity contribution is 5.90. The largest absolute Gasteiger partial charge is 0.340 e. The number of aromatic nitrogens is 3. The Bertz CT molecular complexity index is 1400. The number of anilines is 1. The van der Waals surface area contributed by atoms with Gasteiger partial charge in [-0.05, 0) is 81.4 Å². The molecule has 0 aliphatic carbocycles. The van der Waals surface area contributed by atoms with E-state index in [0.29, 0.717) is 0 Å². The maximum Gasteiger partial charge on any atom is 0.319 e. The predicted molar refractivity (Wildman–Crippen MR) is 154 cm³/mol. The van der Waals surface area contributed by atoms with E-state index in [1.807, 2.05) is 49.4 Å². The highest BCUT2D eigenvalue weighted by atomic mass is 16.2. The average Bonchev–Trinajstić information content (AvgIpc) is 3.37. The van der Waals surface area contributed by atoms with Crippen LogP contribution < -0.4 is 10.6 Å². The Kier molecular flexibility index (Phi) is 7.56. The first kappa shape index (κ1) is 25.7. The van der Waals surface area contributed by atoms with Crippen LogP contribution in [0.4, 0.5) is 10.5 Å². The maximum atomic E-state index is 12.5. The Balaban J connectivity index is 1.35. The predicted octanol–water partition coefficient (Wildman–Crippen LogP) is 6.45. The third-order valence-corrected chi connectivity index (χ3v) is 7.08. The quantitative estimate of drug-likeness (QED) is 0.279. The number of aromatic amines is 1. The highest BCUT2D eigenvalue weighted by Crippen LogP contribution is 2.33. The summed E-state index contributed by atoms with van der Waals surface area (Å²) in [5, 5.41) is 6.08. The van der Waals surface area contributed by atoms with E-state index in [2.05, 4.69) is 65.7 Å². The number of nitrogens with zero attached hydrogens (tertiary/aromatic N) is 3. The molecule has 3 heterocycles. The molecular formula is C31H36N6O. The molecule has 4 aromatic rings. The van der Waals surface area contributed by atoms with Gasteiger partial charge in [0.05, 0.1) is 17.1 Å². The Labute approximate surface area is 224 Å². The molecule has 0 bridgehead atoms. The van der Waals surface area contributed by atoms with Gasteiger partial charge in [-0.25, -0.2) is 9.78 Å². The van der Waals surface area contributed by atoms with Crippen LogP contribution in [-0.2, 0) is 0 Å².